The summed E-state index contributed by atoms with van der Waals surface area (Å²) in [6, 6.07) is 0. The van der Waals surface area contributed by atoms with Crippen molar-refractivity contribution in [1.29, 1.82) is 0 Å². The normalized spacial score (nSPS) is 12.3. The maximum absolute atomic E-state index is 11.1. The third-order valence-electron chi connectivity index (χ3n) is 1.51. The lowest BCUT2D eigenvalue weighted by molar-refractivity contribution is -0.124. The number of amides is 1. The predicted octanol–water partition coefficient (Wildman–Crippen LogP) is 2.06. The van der Waals surface area contributed by atoms with Gasteiger partial charge >= 0.3 is 0 Å². The molecule has 0 aliphatic heterocycles. The quantitative estimate of drug-likeness (QED) is 0.771. The molecule has 0 fully saturated rings. The monoisotopic (exact) mass is 219 g/mol. The molecule has 3 heteroatoms. The second-order valence-corrected chi connectivity index (χ2v) is 3.67. The lowest BCUT2D eigenvalue weighted by Gasteiger charge is -2.08. The summed E-state index contributed by atoms with van der Waals surface area (Å²) >= 11 is 3.16. The van der Waals surface area contributed by atoms with Crippen LogP contribution in [0.5, 0.6) is 0 Å². The van der Waals surface area contributed by atoms with Gasteiger partial charge in [0.25, 0.3) is 0 Å². The Morgan fingerprint density at radius 2 is 2.27 bits per heavy atom. The van der Waals surface area contributed by atoms with Gasteiger partial charge in [-0.2, -0.15) is 0 Å². The zero-order valence-electron chi connectivity index (χ0n) is 6.98. The number of carbonyl (C=O) groups is 1. The molecule has 0 saturated carbocycles. The van der Waals surface area contributed by atoms with Crippen molar-refractivity contribution in [1.82, 2.24) is 5.32 Å². The van der Waals surface area contributed by atoms with Crippen LogP contribution in [-0.4, -0.2) is 12.5 Å². The molecule has 0 aromatic carbocycles. The van der Waals surface area contributed by atoms with Crippen molar-refractivity contribution in [3.8, 4) is 0 Å². The molecule has 0 spiro atoms. The molecule has 0 aromatic rings. The Labute approximate surface area is 76.2 Å². The Morgan fingerprint density at radius 1 is 1.73 bits per heavy atom. The number of hydrogen-bond donors (Lipinski definition) is 1. The zero-order valence-corrected chi connectivity index (χ0v) is 8.57. The summed E-state index contributed by atoms with van der Waals surface area (Å²) in [4.78, 5) is 11.1. The van der Waals surface area contributed by atoms with Crippen LogP contribution in [0.1, 0.15) is 20.3 Å². The molecular formula is C8H14BrNO. The fourth-order valence-corrected chi connectivity index (χ4v) is 0.683. The van der Waals surface area contributed by atoms with Crippen molar-refractivity contribution in [3.05, 3.63) is 11.1 Å². The molecule has 1 N–H and O–H groups in total. The van der Waals surface area contributed by atoms with Crippen molar-refractivity contribution in [2.45, 2.75) is 20.3 Å². The molecule has 0 radical (unpaired) electrons. The molecule has 1 unspecified atom stereocenters. The lowest BCUT2D eigenvalue weighted by atomic mass is 10.1. The van der Waals surface area contributed by atoms with Gasteiger partial charge in [0, 0.05) is 16.9 Å². The van der Waals surface area contributed by atoms with Crippen LogP contribution in [0.25, 0.3) is 0 Å². The van der Waals surface area contributed by atoms with Crippen molar-refractivity contribution in [3.63, 3.8) is 0 Å². The maximum atomic E-state index is 11.1. The Balaban J connectivity index is 3.60. The van der Waals surface area contributed by atoms with Gasteiger partial charge in [-0.1, -0.05) is 36.4 Å². The summed E-state index contributed by atoms with van der Waals surface area (Å²) in [6.07, 6.45) is 0.876. The van der Waals surface area contributed by atoms with Crippen LogP contribution in [0.2, 0.25) is 0 Å². The van der Waals surface area contributed by atoms with Gasteiger partial charge in [-0.15, -0.1) is 0 Å². The van der Waals surface area contributed by atoms with Crippen LogP contribution < -0.4 is 5.32 Å². The molecular weight excluding hydrogens is 206 g/mol. The van der Waals surface area contributed by atoms with Gasteiger partial charge < -0.3 is 5.32 Å². The molecule has 2 nitrogen and oxygen atoms in total. The Morgan fingerprint density at radius 3 is 2.64 bits per heavy atom. The highest BCUT2D eigenvalue weighted by Crippen LogP contribution is 2.01. The van der Waals surface area contributed by atoms with Crippen LogP contribution in [0.3, 0.4) is 0 Å². The van der Waals surface area contributed by atoms with Gasteiger partial charge in [-0.3, -0.25) is 4.79 Å². The molecule has 0 bridgehead atoms. The van der Waals surface area contributed by atoms with Crippen LogP contribution >= 0.6 is 15.9 Å². The van der Waals surface area contributed by atoms with Crippen molar-refractivity contribution < 1.29 is 4.79 Å². The largest absolute Gasteiger partial charge is 0.351 e. The lowest BCUT2D eigenvalue weighted by Crippen LogP contribution is -2.29. The highest BCUT2D eigenvalue weighted by molar-refractivity contribution is 9.11. The number of halogens is 1. The molecule has 1 amide bonds. The minimum absolute atomic E-state index is 0.0908. The summed E-state index contributed by atoms with van der Waals surface area (Å²) in [6.45, 7) is 8.03. The van der Waals surface area contributed by atoms with Gasteiger partial charge in [-0.25, -0.2) is 0 Å². The molecule has 64 valence electrons. The van der Waals surface area contributed by atoms with Gasteiger partial charge in [0.15, 0.2) is 0 Å². The van der Waals surface area contributed by atoms with E-state index in [0.29, 0.717) is 6.54 Å². The van der Waals surface area contributed by atoms with E-state index in [9.17, 15) is 4.79 Å². The second kappa shape index (κ2) is 5.35. The number of rotatable bonds is 4. The summed E-state index contributed by atoms with van der Waals surface area (Å²) in [7, 11) is 0. The molecule has 11 heavy (non-hydrogen) atoms. The third kappa shape index (κ3) is 5.01. The van der Waals surface area contributed by atoms with E-state index in [-0.39, 0.29) is 11.8 Å². The van der Waals surface area contributed by atoms with Gasteiger partial charge in [0.05, 0.1) is 0 Å². The van der Waals surface area contributed by atoms with E-state index in [4.69, 9.17) is 0 Å². The average Bonchev–Trinajstić information content (AvgIpc) is 1.98. The number of hydrogen-bond acceptors (Lipinski definition) is 1. The van der Waals surface area contributed by atoms with Gasteiger partial charge in [0.2, 0.25) is 5.91 Å². The van der Waals surface area contributed by atoms with Gasteiger partial charge in [0.1, 0.15) is 0 Å². The Hall–Kier alpha value is -0.310. The molecule has 0 aliphatic rings. The van der Waals surface area contributed by atoms with Crippen LogP contribution in [0.15, 0.2) is 11.1 Å². The Bertz CT molecular complexity index is 156. The minimum Gasteiger partial charge on any atom is -0.351 e. The fourth-order valence-electron chi connectivity index (χ4n) is 0.543. The minimum atomic E-state index is 0.0908. The highest BCUT2D eigenvalue weighted by Gasteiger charge is 2.08. The van der Waals surface area contributed by atoms with Crippen molar-refractivity contribution in [2.24, 2.45) is 5.92 Å². The SMILES string of the molecule is C=C(Br)CNC(=O)C(C)CC. The molecule has 0 saturated heterocycles. The first-order valence-corrected chi connectivity index (χ1v) is 4.48. The molecule has 0 aromatic heterocycles. The summed E-state index contributed by atoms with van der Waals surface area (Å²) in [5.74, 6) is 0.190. The second-order valence-electron chi connectivity index (χ2n) is 2.54. The number of carbonyl (C=O) groups excluding carboxylic acids is 1. The first-order valence-electron chi connectivity index (χ1n) is 3.69. The highest BCUT2D eigenvalue weighted by atomic mass is 79.9. The van der Waals surface area contributed by atoms with E-state index in [1.807, 2.05) is 13.8 Å². The van der Waals surface area contributed by atoms with E-state index in [1.165, 1.54) is 0 Å². The van der Waals surface area contributed by atoms with Crippen LogP contribution in [0.4, 0.5) is 0 Å². The molecule has 0 heterocycles. The predicted molar refractivity (Wildman–Crippen MR) is 50.5 cm³/mol. The standard InChI is InChI=1S/C8H14BrNO/c1-4-6(2)8(11)10-5-7(3)9/h6H,3-5H2,1-2H3,(H,10,11). The maximum Gasteiger partial charge on any atom is 0.223 e. The van der Waals surface area contributed by atoms with E-state index >= 15 is 0 Å². The summed E-state index contributed by atoms with van der Waals surface area (Å²) in [5, 5.41) is 2.75. The zero-order chi connectivity index (χ0) is 8.85. The first kappa shape index (κ1) is 10.7. The van der Waals surface area contributed by atoms with Crippen molar-refractivity contribution >= 4 is 21.8 Å². The first-order chi connectivity index (χ1) is 5.07. The smallest absolute Gasteiger partial charge is 0.223 e. The topological polar surface area (TPSA) is 29.1 Å². The molecule has 1 atom stereocenters. The third-order valence-corrected chi connectivity index (χ3v) is 1.79. The van der Waals surface area contributed by atoms with Gasteiger partial charge in [-0.05, 0) is 6.42 Å². The van der Waals surface area contributed by atoms with Crippen molar-refractivity contribution in [2.75, 3.05) is 6.54 Å². The molecule has 0 rings (SSSR count). The fraction of sp³-hybridized carbons (Fsp3) is 0.625. The van der Waals surface area contributed by atoms with E-state index < -0.39 is 0 Å². The summed E-state index contributed by atoms with van der Waals surface area (Å²) < 4.78 is 0.800. The van der Waals surface area contributed by atoms with E-state index in [0.717, 1.165) is 10.9 Å². The average molecular weight is 220 g/mol. The number of nitrogens with one attached hydrogen (secondary N) is 1. The van der Waals surface area contributed by atoms with E-state index in [2.05, 4.69) is 27.8 Å². The Kier molecular flexibility index (Phi) is 5.20. The van der Waals surface area contributed by atoms with Crippen LogP contribution in [-0.2, 0) is 4.79 Å². The van der Waals surface area contributed by atoms with E-state index in [1.54, 1.807) is 0 Å². The van der Waals surface area contributed by atoms with Crippen LogP contribution in [0, 0.1) is 5.92 Å². The summed E-state index contributed by atoms with van der Waals surface area (Å²) in [5.41, 5.74) is 0. The molecule has 0 aliphatic carbocycles.